The lowest BCUT2D eigenvalue weighted by atomic mass is 10.0. The van der Waals surface area contributed by atoms with Crippen molar-refractivity contribution >= 4 is 28.6 Å². The Balaban J connectivity index is 1.93. The maximum Gasteiger partial charge on any atom is 0.273 e. The number of nitrogens with one attached hydrogen (secondary N) is 1. The minimum atomic E-state index is -0.379. The van der Waals surface area contributed by atoms with Gasteiger partial charge in [-0.15, -0.1) is 0 Å². The van der Waals surface area contributed by atoms with Gasteiger partial charge in [-0.2, -0.15) is 5.10 Å². The fourth-order valence-electron chi connectivity index (χ4n) is 2.66. The summed E-state index contributed by atoms with van der Waals surface area (Å²) in [7, 11) is 3.20. The van der Waals surface area contributed by atoms with E-state index in [2.05, 4.69) is 10.5 Å². The van der Waals surface area contributed by atoms with E-state index in [0.29, 0.717) is 17.0 Å². The number of hydrazone groups is 1. The molecule has 0 spiro atoms. The normalized spacial score (nSPS) is 10.8. The molecule has 0 saturated heterocycles. The second-order valence-electron chi connectivity index (χ2n) is 5.55. The molecule has 3 rings (SSSR count). The van der Waals surface area contributed by atoms with E-state index in [1.165, 1.54) is 0 Å². The highest BCUT2D eigenvalue weighted by Crippen LogP contribution is 2.29. The summed E-state index contributed by atoms with van der Waals surface area (Å²) in [4.78, 5) is 12.2. The molecule has 3 N–H and O–H groups in total. The van der Waals surface area contributed by atoms with Crippen molar-refractivity contribution in [2.75, 3.05) is 20.0 Å². The van der Waals surface area contributed by atoms with Gasteiger partial charge in [0.25, 0.3) is 5.91 Å². The molecule has 0 radical (unpaired) electrons. The van der Waals surface area contributed by atoms with Crippen molar-refractivity contribution in [3.63, 3.8) is 0 Å². The predicted octanol–water partition coefficient (Wildman–Crippen LogP) is 3.20. The van der Waals surface area contributed by atoms with Crippen molar-refractivity contribution in [3.05, 3.63) is 65.7 Å². The van der Waals surface area contributed by atoms with Gasteiger partial charge in [0.15, 0.2) is 0 Å². The van der Waals surface area contributed by atoms with E-state index in [-0.39, 0.29) is 5.91 Å². The van der Waals surface area contributed by atoms with E-state index in [4.69, 9.17) is 15.2 Å². The first-order chi connectivity index (χ1) is 12.6. The van der Waals surface area contributed by atoms with Crippen LogP contribution in [0.25, 0.3) is 10.8 Å². The van der Waals surface area contributed by atoms with Gasteiger partial charge >= 0.3 is 0 Å². The highest BCUT2D eigenvalue weighted by atomic mass is 16.5. The summed E-state index contributed by atoms with van der Waals surface area (Å²) < 4.78 is 10.7. The highest BCUT2D eigenvalue weighted by Gasteiger charge is 2.10. The van der Waals surface area contributed by atoms with Crippen LogP contribution in [-0.2, 0) is 0 Å². The van der Waals surface area contributed by atoms with Crippen molar-refractivity contribution in [2.24, 2.45) is 5.10 Å². The lowest BCUT2D eigenvalue weighted by Gasteiger charge is -2.10. The van der Waals surface area contributed by atoms with Crippen molar-refractivity contribution in [2.45, 2.75) is 0 Å². The topological polar surface area (TPSA) is 85.9 Å². The van der Waals surface area contributed by atoms with Crippen LogP contribution in [0, 0.1) is 0 Å². The summed E-state index contributed by atoms with van der Waals surface area (Å²) in [5.41, 5.74) is 9.81. The van der Waals surface area contributed by atoms with Crippen LogP contribution in [0.4, 0.5) is 5.69 Å². The summed E-state index contributed by atoms with van der Waals surface area (Å²) in [6, 6.07) is 16.4. The number of fused-ring (bicyclic) bond motifs is 1. The number of methoxy groups -OCH3 is 2. The Kier molecular flexibility index (Phi) is 5.03. The second-order valence-corrected chi connectivity index (χ2v) is 5.55. The van der Waals surface area contributed by atoms with Crippen LogP contribution in [0.5, 0.6) is 11.5 Å². The molecule has 0 saturated carbocycles. The van der Waals surface area contributed by atoms with E-state index in [1.54, 1.807) is 44.7 Å². The van der Waals surface area contributed by atoms with E-state index >= 15 is 0 Å². The monoisotopic (exact) mass is 349 g/mol. The number of carbonyl (C=O) groups is 1. The van der Waals surface area contributed by atoms with Gasteiger partial charge in [0.1, 0.15) is 11.5 Å². The van der Waals surface area contributed by atoms with Gasteiger partial charge in [0.05, 0.1) is 26.0 Å². The fourth-order valence-corrected chi connectivity index (χ4v) is 2.66. The number of carbonyl (C=O) groups excluding carboxylic acids is 1. The average Bonchev–Trinajstić information content (AvgIpc) is 2.67. The quantitative estimate of drug-likeness (QED) is 0.421. The van der Waals surface area contributed by atoms with Gasteiger partial charge in [-0.1, -0.05) is 24.3 Å². The van der Waals surface area contributed by atoms with E-state index < -0.39 is 0 Å². The number of rotatable bonds is 5. The Bertz CT molecular complexity index is 978. The van der Waals surface area contributed by atoms with Gasteiger partial charge in [0.2, 0.25) is 0 Å². The maximum absolute atomic E-state index is 12.2. The number of para-hydroxylation sites is 1. The molecular weight excluding hydrogens is 330 g/mol. The molecule has 0 aliphatic rings. The molecule has 1 amide bonds. The number of ether oxygens (including phenoxy) is 2. The summed E-state index contributed by atoms with van der Waals surface area (Å²) in [6.45, 7) is 0. The van der Waals surface area contributed by atoms with Crippen LogP contribution in [0.1, 0.15) is 15.9 Å². The van der Waals surface area contributed by atoms with Crippen LogP contribution in [0.2, 0.25) is 0 Å². The molecular formula is C20H19N3O3. The number of benzene rings is 3. The third-order valence-electron chi connectivity index (χ3n) is 4.02. The molecule has 0 aliphatic carbocycles. The van der Waals surface area contributed by atoms with E-state index in [0.717, 1.165) is 22.1 Å². The Morgan fingerprint density at radius 3 is 2.58 bits per heavy atom. The van der Waals surface area contributed by atoms with Crippen molar-refractivity contribution < 1.29 is 14.3 Å². The number of nitrogens with two attached hydrogens (primary N) is 1. The lowest BCUT2D eigenvalue weighted by molar-refractivity contribution is 0.0956. The lowest BCUT2D eigenvalue weighted by Crippen LogP contribution is -2.19. The minimum absolute atomic E-state index is 0.371. The van der Waals surface area contributed by atoms with Crippen LogP contribution in [-0.4, -0.2) is 26.3 Å². The third kappa shape index (κ3) is 3.44. The molecule has 3 aromatic rings. The first-order valence-electron chi connectivity index (χ1n) is 7.96. The molecule has 0 unspecified atom stereocenters. The number of hydrogen-bond donors (Lipinski definition) is 2. The second kappa shape index (κ2) is 7.57. The minimum Gasteiger partial charge on any atom is -0.497 e. The number of anilines is 1. The standard InChI is InChI=1S/C20H19N3O3/c1-25-14-9-7-13-8-10-19(26-2)17(16(13)11-14)12-22-23-20(24)15-5-3-4-6-18(15)21/h3-12H,21H2,1-2H3,(H,23,24)/b22-12+. The largest absolute Gasteiger partial charge is 0.497 e. The Hall–Kier alpha value is -3.54. The van der Waals surface area contributed by atoms with E-state index in [1.807, 2.05) is 30.3 Å². The smallest absolute Gasteiger partial charge is 0.273 e. The molecule has 26 heavy (non-hydrogen) atoms. The summed E-state index contributed by atoms with van der Waals surface area (Å²) >= 11 is 0. The maximum atomic E-state index is 12.2. The number of nitrogen functional groups attached to an aromatic ring is 1. The van der Waals surface area contributed by atoms with Gasteiger partial charge < -0.3 is 15.2 Å². The zero-order valence-corrected chi connectivity index (χ0v) is 14.5. The molecule has 3 aromatic carbocycles. The average molecular weight is 349 g/mol. The molecule has 0 aromatic heterocycles. The van der Waals surface area contributed by atoms with Crippen LogP contribution < -0.4 is 20.6 Å². The molecule has 0 fully saturated rings. The fraction of sp³-hybridized carbons (Fsp3) is 0.100. The predicted molar refractivity (Wildman–Crippen MR) is 103 cm³/mol. The van der Waals surface area contributed by atoms with Crippen molar-refractivity contribution in [3.8, 4) is 11.5 Å². The zero-order chi connectivity index (χ0) is 18.5. The van der Waals surface area contributed by atoms with E-state index in [9.17, 15) is 4.79 Å². The molecule has 0 bridgehead atoms. The van der Waals surface area contributed by atoms with Crippen molar-refractivity contribution in [1.29, 1.82) is 0 Å². The summed E-state index contributed by atoms with van der Waals surface area (Å²) in [5.74, 6) is 0.987. The van der Waals surface area contributed by atoms with Crippen LogP contribution >= 0.6 is 0 Å². The van der Waals surface area contributed by atoms with Crippen LogP contribution in [0.3, 0.4) is 0 Å². The molecule has 6 heteroatoms. The first kappa shape index (κ1) is 17.3. The Morgan fingerprint density at radius 2 is 1.85 bits per heavy atom. The van der Waals surface area contributed by atoms with Crippen molar-refractivity contribution in [1.82, 2.24) is 5.43 Å². The highest BCUT2D eigenvalue weighted by molar-refractivity contribution is 6.04. The SMILES string of the molecule is COc1ccc2ccc(OC)c(/C=N/NC(=O)c3ccccc3N)c2c1. The van der Waals surface area contributed by atoms with Gasteiger partial charge in [0, 0.05) is 11.3 Å². The van der Waals surface area contributed by atoms with Crippen LogP contribution in [0.15, 0.2) is 59.7 Å². The number of hydrogen-bond acceptors (Lipinski definition) is 5. The summed E-state index contributed by atoms with van der Waals surface area (Å²) in [6.07, 6.45) is 1.55. The zero-order valence-electron chi connectivity index (χ0n) is 14.5. The molecule has 0 heterocycles. The molecule has 6 nitrogen and oxygen atoms in total. The van der Waals surface area contributed by atoms with Gasteiger partial charge in [-0.3, -0.25) is 4.79 Å². The van der Waals surface area contributed by atoms with Gasteiger partial charge in [-0.25, -0.2) is 5.43 Å². The Morgan fingerprint density at radius 1 is 1.08 bits per heavy atom. The molecule has 132 valence electrons. The van der Waals surface area contributed by atoms with Gasteiger partial charge in [-0.05, 0) is 41.1 Å². The third-order valence-corrected chi connectivity index (χ3v) is 4.02. The number of amides is 1. The molecule has 0 atom stereocenters. The first-order valence-corrected chi connectivity index (χ1v) is 7.96. The molecule has 0 aliphatic heterocycles. The summed E-state index contributed by atoms with van der Waals surface area (Å²) in [5, 5.41) is 5.98. The Labute approximate surface area is 151 Å². The number of nitrogens with zero attached hydrogens (tertiary/aromatic N) is 1.